The lowest BCUT2D eigenvalue weighted by Crippen LogP contribution is -2.27. The van der Waals surface area contributed by atoms with Gasteiger partial charge in [0.1, 0.15) is 12.2 Å². The molecule has 0 spiro atoms. The second-order valence-electron chi connectivity index (χ2n) is 3.90. The second-order valence-corrected chi connectivity index (χ2v) is 4.16. The Balaban J connectivity index is 2.03. The molecule has 94 valence electrons. The van der Waals surface area contributed by atoms with Gasteiger partial charge in [0.05, 0.1) is 6.04 Å². The van der Waals surface area contributed by atoms with Gasteiger partial charge in [-0.15, -0.1) is 11.6 Å². The summed E-state index contributed by atoms with van der Waals surface area (Å²) in [7, 11) is 0. The molecule has 6 heteroatoms. The number of nitrogens with one attached hydrogen (secondary N) is 2. The number of aromatic amines is 1. The number of alkyl halides is 1. The van der Waals surface area contributed by atoms with Crippen LogP contribution in [0.3, 0.4) is 0 Å². The molecule has 5 nitrogen and oxygen atoms in total. The van der Waals surface area contributed by atoms with Crippen LogP contribution in [0.4, 0.5) is 0 Å². The monoisotopic (exact) mass is 264 g/mol. The third-order valence-electron chi connectivity index (χ3n) is 2.56. The molecule has 2 aromatic rings. The Morgan fingerprint density at radius 1 is 1.44 bits per heavy atom. The van der Waals surface area contributed by atoms with Crippen molar-refractivity contribution in [3.8, 4) is 0 Å². The average molecular weight is 265 g/mol. The number of hydrogen-bond donors (Lipinski definition) is 2. The Morgan fingerprint density at radius 2 is 2.17 bits per heavy atom. The zero-order chi connectivity index (χ0) is 13.0. The number of carbonyl (C=O) groups excluding carboxylic acids is 1. The highest BCUT2D eigenvalue weighted by Gasteiger charge is 2.13. The minimum Gasteiger partial charge on any atom is -0.342 e. The van der Waals surface area contributed by atoms with Crippen LogP contribution in [0.5, 0.6) is 0 Å². The van der Waals surface area contributed by atoms with E-state index in [4.69, 9.17) is 11.6 Å². The molecule has 0 saturated heterocycles. The molecule has 18 heavy (non-hydrogen) atoms. The maximum Gasteiger partial charge on any atom is 0.251 e. The number of amides is 1. The largest absolute Gasteiger partial charge is 0.342 e. The SMILES string of the molecule is CC(NC(=O)c1ccc(CCl)cc1)c1ncn[nH]1. The molecule has 0 radical (unpaired) electrons. The van der Waals surface area contributed by atoms with Crippen molar-refractivity contribution >= 4 is 17.5 Å². The van der Waals surface area contributed by atoms with Crippen molar-refractivity contribution in [1.29, 1.82) is 0 Å². The van der Waals surface area contributed by atoms with Crippen molar-refractivity contribution in [2.75, 3.05) is 0 Å². The minimum absolute atomic E-state index is 0.153. The number of halogens is 1. The number of rotatable bonds is 4. The van der Waals surface area contributed by atoms with E-state index < -0.39 is 0 Å². The molecule has 0 aliphatic rings. The molecular formula is C12H13ClN4O. The number of benzene rings is 1. The van der Waals surface area contributed by atoms with Gasteiger partial charge in [0, 0.05) is 11.4 Å². The van der Waals surface area contributed by atoms with Crippen molar-refractivity contribution < 1.29 is 4.79 Å². The molecule has 1 heterocycles. The zero-order valence-corrected chi connectivity index (χ0v) is 10.6. The molecule has 1 unspecified atom stereocenters. The molecule has 0 fully saturated rings. The summed E-state index contributed by atoms with van der Waals surface area (Å²) in [6.45, 7) is 1.84. The van der Waals surface area contributed by atoms with Gasteiger partial charge in [-0.3, -0.25) is 9.89 Å². The molecule has 0 bridgehead atoms. The fraction of sp³-hybridized carbons (Fsp3) is 0.250. The minimum atomic E-state index is -0.215. The van der Waals surface area contributed by atoms with E-state index in [0.29, 0.717) is 17.3 Å². The first kappa shape index (κ1) is 12.6. The normalized spacial score (nSPS) is 12.1. The van der Waals surface area contributed by atoms with Gasteiger partial charge in [-0.25, -0.2) is 4.98 Å². The van der Waals surface area contributed by atoms with Gasteiger partial charge in [-0.05, 0) is 24.6 Å². The van der Waals surface area contributed by atoms with E-state index >= 15 is 0 Å². The van der Waals surface area contributed by atoms with Crippen LogP contribution in [-0.2, 0) is 5.88 Å². The Bertz CT molecular complexity index is 509. The molecular weight excluding hydrogens is 252 g/mol. The second kappa shape index (κ2) is 5.64. The third kappa shape index (κ3) is 2.87. The van der Waals surface area contributed by atoms with E-state index in [1.165, 1.54) is 6.33 Å². The van der Waals surface area contributed by atoms with Crippen LogP contribution in [0.25, 0.3) is 0 Å². The van der Waals surface area contributed by atoms with E-state index in [1.807, 2.05) is 19.1 Å². The number of aromatic nitrogens is 3. The molecule has 1 amide bonds. The summed E-state index contributed by atoms with van der Waals surface area (Å²) in [6.07, 6.45) is 1.41. The number of carbonyl (C=O) groups is 1. The lowest BCUT2D eigenvalue weighted by atomic mass is 10.1. The van der Waals surface area contributed by atoms with E-state index in [2.05, 4.69) is 20.5 Å². The van der Waals surface area contributed by atoms with Crippen molar-refractivity contribution in [3.63, 3.8) is 0 Å². The van der Waals surface area contributed by atoms with Crippen LogP contribution in [0.15, 0.2) is 30.6 Å². The molecule has 2 rings (SSSR count). The Labute approximate surface area is 110 Å². The van der Waals surface area contributed by atoms with Crippen molar-refractivity contribution in [1.82, 2.24) is 20.5 Å². The lowest BCUT2D eigenvalue weighted by Gasteiger charge is -2.11. The van der Waals surface area contributed by atoms with E-state index in [-0.39, 0.29) is 11.9 Å². The van der Waals surface area contributed by atoms with Gasteiger partial charge < -0.3 is 5.32 Å². The molecule has 0 aliphatic carbocycles. The molecule has 1 aromatic heterocycles. The Morgan fingerprint density at radius 3 is 2.72 bits per heavy atom. The summed E-state index contributed by atoms with van der Waals surface area (Å²) < 4.78 is 0. The lowest BCUT2D eigenvalue weighted by molar-refractivity contribution is 0.0938. The predicted molar refractivity (Wildman–Crippen MR) is 68.3 cm³/mol. The number of H-pyrrole nitrogens is 1. The van der Waals surface area contributed by atoms with E-state index in [9.17, 15) is 4.79 Å². The maximum absolute atomic E-state index is 11.9. The predicted octanol–water partition coefficient (Wildman–Crippen LogP) is 2.03. The average Bonchev–Trinajstić information content (AvgIpc) is 2.92. The van der Waals surface area contributed by atoms with Gasteiger partial charge in [0.2, 0.25) is 0 Å². The molecule has 1 atom stereocenters. The summed E-state index contributed by atoms with van der Waals surface area (Å²) >= 11 is 5.69. The Kier molecular flexibility index (Phi) is 3.94. The highest BCUT2D eigenvalue weighted by Crippen LogP contribution is 2.09. The fourth-order valence-corrected chi connectivity index (χ4v) is 1.70. The van der Waals surface area contributed by atoms with Crippen LogP contribution in [0.1, 0.15) is 34.7 Å². The highest BCUT2D eigenvalue weighted by molar-refractivity contribution is 6.17. The summed E-state index contributed by atoms with van der Waals surface area (Å²) in [4.78, 5) is 15.9. The van der Waals surface area contributed by atoms with Crippen LogP contribution in [0.2, 0.25) is 0 Å². The standard InChI is InChI=1S/C12H13ClN4O/c1-8(11-14-7-15-17-11)16-12(18)10-4-2-9(6-13)3-5-10/h2-5,7-8H,6H2,1H3,(H,16,18)(H,14,15,17). The molecule has 2 N–H and O–H groups in total. The van der Waals surface area contributed by atoms with E-state index in [1.54, 1.807) is 12.1 Å². The molecule has 0 aliphatic heterocycles. The van der Waals surface area contributed by atoms with Crippen LogP contribution in [0, 0.1) is 0 Å². The quantitative estimate of drug-likeness (QED) is 0.830. The first-order valence-electron chi connectivity index (χ1n) is 5.51. The fourth-order valence-electron chi connectivity index (χ4n) is 1.52. The van der Waals surface area contributed by atoms with Gasteiger partial charge in [-0.2, -0.15) is 5.10 Å². The van der Waals surface area contributed by atoms with E-state index in [0.717, 1.165) is 5.56 Å². The van der Waals surface area contributed by atoms with Gasteiger partial charge >= 0.3 is 0 Å². The number of nitrogens with zero attached hydrogens (tertiary/aromatic N) is 2. The zero-order valence-electron chi connectivity index (χ0n) is 9.85. The van der Waals surface area contributed by atoms with Crippen LogP contribution < -0.4 is 5.32 Å². The van der Waals surface area contributed by atoms with Gasteiger partial charge in [-0.1, -0.05) is 12.1 Å². The smallest absolute Gasteiger partial charge is 0.251 e. The summed E-state index contributed by atoms with van der Waals surface area (Å²) in [6, 6.07) is 6.95. The summed E-state index contributed by atoms with van der Waals surface area (Å²) in [5.41, 5.74) is 1.58. The summed E-state index contributed by atoms with van der Waals surface area (Å²) in [5, 5.41) is 9.29. The van der Waals surface area contributed by atoms with Crippen molar-refractivity contribution in [2.45, 2.75) is 18.8 Å². The first-order chi connectivity index (χ1) is 8.70. The van der Waals surface area contributed by atoms with Crippen molar-refractivity contribution in [3.05, 3.63) is 47.5 Å². The number of hydrogen-bond acceptors (Lipinski definition) is 3. The van der Waals surface area contributed by atoms with Crippen molar-refractivity contribution in [2.24, 2.45) is 0 Å². The molecule has 1 aromatic carbocycles. The van der Waals surface area contributed by atoms with Crippen LogP contribution >= 0.6 is 11.6 Å². The highest BCUT2D eigenvalue weighted by atomic mass is 35.5. The topological polar surface area (TPSA) is 70.7 Å². The molecule has 0 saturated carbocycles. The van der Waals surface area contributed by atoms with Gasteiger partial charge in [0.15, 0.2) is 0 Å². The maximum atomic E-state index is 11.9. The first-order valence-corrected chi connectivity index (χ1v) is 6.05. The third-order valence-corrected chi connectivity index (χ3v) is 2.87. The van der Waals surface area contributed by atoms with Crippen LogP contribution in [-0.4, -0.2) is 21.1 Å². The Hall–Kier alpha value is -1.88. The summed E-state index contributed by atoms with van der Waals surface area (Å²) in [5.74, 6) is 0.914. The van der Waals surface area contributed by atoms with Gasteiger partial charge in [0.25, 0.3) is 5.91 Å².